The van der Waals surface area contributed by atoms with E-state index in [4.69, 9.17) is 5.73 Å². The van der Waals surface area contributed by atoms with Gasteiger partial charge in [0, 0.05) is 5.92 Å². The number of halogens is 1. The Bertz CT molecular complexity index is 845. The van der Waals surface area contributed by atoms with Crippen molar-refractivity contribution in [2.45, 2.75) is 25.2 Å². The van der Waals surface area contributed by atoms with Crippen molar-refractivity contribution in [2.24, 2.45) is 17.1 Å². The van der Waals surface area contributed by atoms with Crippen LogP contribution < -0.4 is 5.73 Å². The molecule has 5 heteroatoms. The number of hydrogen-bond acceptors (Lipinski definition) is 4. The van der Waals surface area contributed by atoms with Crippen molar-refractivity contribution >= 4 is 0 Å². The minimum atomic E-state index is -1.66. The third-order valence-corrected chi connectivity index (χ3v) is 5.02. The molecule has 2 unspecified atom stereocenters. The van der Waals surface area contributed by atoms with Crippen molar-refractivity contribution in [3.63, 3.8) is 0 Å². The summed E-state index contributed by atoms with van der Waals surface area (Å²) in [7, 11) is 0. The van der Waals surface area contributed by atoms with Gasteiger partial charge in [-0.25, -0.2) is 4.39 Å². The molecule has 0 radical (unpaired) electrons. The van der Waals surface area contributed by atoms with Crippen LogP contribution in [0.15, 0.2) is 47.2 Å². The van der Waals surface area contributed by atoms with Crippen molar-refractivity contribution in [2.75, 3.05) is 0 Å². The van der Waals surface area contributed by atoms with E-state index >= 15 is 0 Å². The number of nitrogens with zero attached hydrogens (tertiary/aromatic N) is 3. The molecule has 0 fully saturated rings. The minimum absolute atomic E-state index is 0.00576. The van der Waals surface area contributed by atoms with Crippen LogP contribution in [-0.2, 0) is 0 Å². The smallest absolute Gasteiger partial charge is 0.187 e. The van der Waals surface area contributed by atoms with Crippen LogP contribution in [0.3, 0.4) is 0 Å². The molecule has 3 rings (SSSR count). The van der Waals surface area contributed by atoms with E-state index in [1.165, 1.54) is 12.1 Å². The highest BCUT2D eigenvalue weighted by Crippen LogP contribution is 2.55. The first kappa shape index (κ1) is 15.8. The summed E-state index contributed by atoms with van der Waals surface area (Å²) in [6, 6.07) is 11.9. The largest absolute Gasteiger partial charge is 0.398 e. The average molecular weight is 318 g/mol. The van der Waals surface area contributed by atoms with Crippen LogP contribution in [0, 0.1) is 51.1 Å². The number of hydrogen-bond donors (Lipinski definition) is 1. The average Bonchev–Trinajstić information content (AvgIpc) is 2.62. The van der Waals surface area contributed by atoms with Crippen molar-refractivity contribution in [3.8, 4) is 18.2 Å². The van der Waals surface area contributed by atoms with Crippen LogP contribution in [0.2, 0.25) is 0 Å². The lowest BCUT2D eigenvalue weighted by Crippen LogP contribution is -2.41. The van der Waals surface area contributed by atoms with Gasteiger partial charge in [-0.1, -0.05) is 18.2 Å². The zero-order valence-corrected chi connectivity index (χ0v) is 13.0. The SMILES string of the molecule is N#CC1=C(N)C2=CCCCC2C(c2ccc(F)cc2)C1(C#N)C#N. The van der Waals surface area contributed by atoms with Crippen LogP contribution in [0.1, 0.15) is 30.7 Å². The Labute approximate surface area is 139 Å². The lowest BCUT2D eigenvalue weighted by Gasteiger charge is -2.43. The highest BCUT2D eigenvalue weighted by Gasteiger charge is 2.54. The van der Waals surface area contributed by atoms with Crippen LogP contribution in [0.5, 0.6) is 0 Å². The van der Waals surface area contributed by atoms with E-state index in [1.54, 1.807) is 12.1 Å². The van der Waals surface area contributed by atoms with Crippen molar-refractivity contribution < 1.29 is 4.39 Å². The number of nitriles is 3. The molecule has 2 aliphatic rings. The Morgan fingerprint density at radius 1 is 1.12 bits per heavy atom. The van der Waals surface area contributed by atoms with Gasteiger partial charge in [0.05, 0.1) is 29.5 Å². The predicted molar refractivity (Wildman–Crippen MR) is 85.1 cm³/mol. The highest BCUT2D eigenvalue weighted by atomic mass is 19.1. The lowest BCUT2D eigenvalue weighted by molar-refractivity contribution is 0.322. The van der Waals surface area contributed by atoms with Gasteiger partial charge in [-0.05, 0) is 48.4 Å². The molecule has 2 atom stereocenters. The summed E-state index contributed by atoms with van der Waals surface area (Å²) in [6.45, 7) is 0. The van der Waals surface area contributed by atoms with Crippen LogP contribution in [-0.4, -0.2) is 0 Å². The van der Waals surface area contributed by atoms with Gasteiger partial charge in [0.1, 0.15) is 5.82 Å². The summed E-state index contributed by atoms with van der Waals surface area (Å²) in [4.78, 5) is 0. The maximum Gasteiger partial charge on any atom is 0.187 e. The van der Waals surface area contributed by atoms with Crippen LogP contribution >= 0.6 is 0 Å². The summed E-state index contributed by atoms with van der Waals surface area (Å²) >= 11 is 0. The molecule has 0 spiro atoms. The van der Waals surface area contributed by atoms with Crippen molar-refractivity contribution in [1.82, 2.24) is 0 Å². The summed E-state index contributed by atoms with van der Waals surface area (Å²) in [5, 5.41) is 29.2. The fourth-order valence-electron chi connectivity index (χ4n) is 3.95. The first-order valence-electron chi connectivity index (χ1n) is 7.77. The molecule has 0 bridgehead atoms. The molecule has 0 saturated heterocycles. The number of rotatable bonds is 1. The van der Waals surface area contributed by atoms with E-state index in [-0.39, 0.29) is 23.0 Å². The first-order valence-corrected chi connectivity index (χ1v) is 7.77. The molecule has 0 aliphatic heterocycles. The van der Waals surface area contributed by atoms with E-state index in [0.717, 1.165) is 24.8 Å². The Kier molecular flexibility index (Phi) is 3.84. The maximum atomic E-state index is 13.3. The molecule has 24 heavy (non-hydrogen) atoms. The zero-order chi connectivity index (χ0) is 17.3. The number of allylic oxidation sites excluding steroid dienone is 3. The van der Waals surface area contributed by atoms with Gasteiger partial charge in [0.25, 0.3) is 0 Å². The molecule has 2 aliphatic carbocycles. The second-order valence-electron chi connectivity index (χ2n) is 6.16. The van der Waals surface area contributed by atoms with E-state index in [9.17, 15) is 20.2 Å². The first-order chi connectivity index (χ1) is 11.6. The van der Waals surface area contributed by atoms with E-state index < -0.39 is 11.3 Å². The lowest BCUT2D eigenvalue weighted by atomic mass is 9.56. The molecule has 0 amide bonds. The van der Waals surface area contributed by atoms with Gasteiger partial charge < -0.3 is 5.73 Å². The van der Waals surface area contributed by atoms with E-state index in [1.807, 2.05) is 12.1 Å². The Balaban J connectivity index is 2.32. The topological polar surface area (TPSA) is 97.4 Å². The molecule has 1 aromatic carbocycles. The quantitative estimate of drug-likeness (QED) is 0.857. The highest BCUT2D eigenvalue weighted by molar-refractivity contribution is 5.58. The Hall–Kier alpha value is -3.10. The van der Waals surface area contributed by atoms with Gasteiger partial charge in [-0.2, -0.15) is 15.8 Å². The molecular weight excluding hydrogens is 303 g/mol. The second-order valence-corrected chi connectivity index (χ2v) is 6.16. The Morgan fingerprint density at radius 2 is 1.79 bits per heavy atom. The van der Waals surface area contributed by atoms with Crippen molar-refractivity contribution in [3.05, 3.63) is 58.6 Å². The van der Waals surface area contributed by atoms with E-state index in [0.29, 0.717) is 5.56 Å². The van der Waals surface area contributed by atoms with Gasteiger partial charge in [0.15, 0.2) is 5.41 Å². The van der Waals surface area contributed by atoms with Crippen LogP contribution in [0.25, 0.3) is 0 Å². The molecule has 2 N–H and O–H groups in total. The van der Waals surface area contributed by atoms with E-state index in [2.05, 4.69) is 12.1 Å². The van der Waals surface area contributed by atoms with Gasteiger partial charge >= 0.3 is 0 Å². The summed E-state index contributed by atoms with van der Waals surface area (Å²) in [5.41, 5.74) is 6.28. The molecule has 0 aromatic heterocycles. The fourth-order valence-corrected chi connectivity index (χ4v) is 3.95. The predicted octanol–water partition coefficient (Wildman–Crippen LogP) is 3.42. The monoisotopic (exact) mass is 318 g/mol. The third kappa shape index (κ3) is 2.08. The number of fused-ring (bicyclic) bond motifs is 1. The fraction of sp³-hybridized carbons (Fsp3) is 0.316. The molecule has 4 nitrogen and oxygen atoms in total. The van der Waals surface area contributed by atoms with Gasteiger partial charge in [-0.3, -0.25) is 0 Å². The molecule has 1 aromatic rings. The van der Waals surface area contributed by atoms with Gasteiger partial charge in [0.2, 0.25) is 0 Å². The summed E-state index contributed by atoms with van der Waals surface area (Å²) in [5.74, 6) is -1.05. The Morgan fingerprint density at radius 3 is 2.38 bits per heavy atom. The molecule has 118 valence electrons. The molecular formula is C19H15FN4. The number of benzene rings is 1. The van der Waals surface area contributed by atoms with Crippen molar-refractivity contribution in [1.29, 1.82) is 15.8 Å². The normalized spacial score (nSPS) is 24.8. The van der Waals surface area contributed by atoms with Gasteiger partial charge in [-0.15, -0.1) is 0 Å². The molecule has 0 saturated carbocycles. The maximum absolute atomic E-state index is 13.3. The zero-order valence-electron chi connectivity index (χ0n) is 13.0. The number of nitrogens with two attached hydrogens (primary N) is 1. The summed E-state index contributed by atoms with van der Waals surface area (Å²) in [6.07, 6.45) is 4.55. The third-order valence-electron chi connectivity index (χ3n) is 5.02. The standard InChI is InChI=1S/C19H15FN4/c20-13-7-5-12(6-8-13)17-14-3-1-2-4-15(14)18(24)16(9-21)19(17,10-22)11-23/h4-8,14,17H,1-3,24H2. The summed E-state index contributed by atoms with van der Waals surface area (Å²) < 4.78 is 13.3. The second kappa shape index (κ2) is 5.84. The molecule has 0 heterocycles. The van der Waals surface area contributed by atoms with Crippen LogP contribution in [0.4, 0.5) is 4.39 Å². The minimum Gasteiger partial charge on any atom is -0.398 e.